The molecule has 10 nitrogen and oxygen atoms in total. The summed E-state index contributed by atoms with van der Waals surface area (Å²) in [6, 6.07) is 9.44. The number of nitrogens with one attached hydrogen (secondary N) is 5. The molecular weight excluding hydrogens is 404 g/mol. The predicted octanol–water partition coefficient (Wildman–Crippen LogP) is 2.77. The van der Waals surface area contributed by atoms with Crippen molar-refractivity contribution in [2.45, 2.75) is 17.8 Å². The molecule has 0 aliphatic carbocycles. The standard InChI is InChI=1S/C19H22N8O2S/c1-11-7-17(26-24-11)21-16-9-15(20-5-6-29-2)22-19(23-16)30-10-12-3-4-13-14(8-12)25-27-18(13)28/h3-4,7-9H,5-6,10H2,1-2H3,(H2,25,27,28)(H3,20,21,22,23,24,26). The van der Waals surface area contributed by atoms with Gasteiger partial charge in [0.05, 0.1) is 17.5 Å². The maximum Gasteiger partial charge on any atom is 0.271 e. The third-order valence-corrected chi connectivity index (χ3v) is 5.21. The first-order chi connectivity index (χ1) is 14.6. The van der Waals surface area contributed by atoms with Crippen LogP contribution in [0, 0.1) is 6.92 Å². The maximum atomic E-state index is 11.7. The summed E-state index contributed by atoms with van der Waals surface area (Å²) in [6.07, 6.45) is 0. The molecule has 0 spiro atoms. The summed E-state index contributed by atoms with van der Waals surface area (Å²) >= 11 is 1.51. The Bertz CT molecular complexity index is 1200. The second kappa shape index (κ2) is 9.01. The molecule has 0 unspecified atom stereocenters. The lowest BCUT2D eigenvalue weighted by Gasteiger charge is -2.10. The Morgan fingerprint density at radius 3 is 2.77 bits per heavy atom. The summed E-state index contributed by atoms with van der Waals surface area (Å²) in [6.45, 7) is 3.14. The van der Waals surface area contributed by atoms with Crippen molar-refractivity contribution in [1.82, 2.24) is 30.4 Å². The van der Waals surface area contributed by atoms with Crippen LogP contribution in [0.2, 0.25) is 0 Å². The van der Waals surface area contributed by atoms with E-state index in [2.05, 4.69) is 41.0 Å². The topological polar surface area (TPSA) is 136 Å². The highest BCUT2D eigenvalue weighted by Crippen LogP contribution is 2.25. The van der Waals surface area contributed by atoms with E-state index in [4.69, 9.17) is 4.74 Å². The van der Waals surface area contributed by atoms with Crippen LogP contribution in [0.3, 0.4) is 0 Å². The number of ether oxygens (including phenoxy) is 1. The molecule has 156 valence electrons. The minimum atomic E-state index is -0.119. The smallest absolute Gasteiger partial charge is 0.271 e. The van der Waals surface area contributed by atoms with Crippen LogP contribution in [-0.4, -0.2) is 50.6 Å². The van der Waals surface area contributed by atoms with Crippen LogP contribution in [0.4, 0.5) is 17.5 Å². The Balaban J connectivity index is 1.52. The van der Waals surface area contributed by atoms with Crippen LogP contribution < -0.4 is 16.2 Å². The van der Waals surface area contributed by atoms with Crippen molar-refractivity contribution in [3.63, 3.8) is 0 Å². The van der Waals surface area contributed by atoms with Crippen molar-refractivity contribution >= 4 is 40.1 Å². The largest absolute Gasteiger partial charge is 0.383 e. The molecule has 0 amide bonds. The van der Waals surface area contributed by atoms with Crippen LogP contribution >= 0.6 is 11.8 Å². The molecule has 0 aliphatic heterocycles. The molecule has 0 bridgehead atoms. The van der Waals surface area contributed by atoms with Crippen molar-refractivity contribution in [2.75, 3.05) is 30.9 Å². The fourth-order valence-electron chi connectivity index (χ4n) is 2.86. The van der Waals surface area contributed by atoms with Gasteiger partial charge in [-0.25, -0.2) is 9.97 Å². The number of nitrogens with zero attached hydrogens (tertiary/aromatic N) is 3. The minimum Gasteiger partial charge on any atom is -0.383 e. The van der Waals surface area contributed by atoms with Crippen LogP contribution in [0.25, 0.3) is 10.9 Å². The molecule has 3 aromatic heterocycles. The van der Waals surface area contributed by atoms with E-state index in [-0.39, 0.29) is 5.56 Å². The van der Waals surface area contributed by atoms with E-state index < -0.39 is 0 Å². The highest BCUT2D eigenvalue weighted by atomic mass is 32.2. The van der Waals surface area contributed by atoms with Crippen LogP contribution in [0.5, 0.6) is 0 Å². The lowest BCUT2D eigenvalue weighted by atomic mass is 10.2. The first-order valence-electron chi connectivity index (χ1n) is 9.34. The van der Waals surface area contributed by atoms with Crippen molar-refractivity contribution in [3.05, 3.63) is 51.9 Å². The van der Waals surface area contributed by atoms with Gasteiger partial charge in [-0.3, -0.25) is 20.1 Å². The number of H-pyrrole nitrogens is 3. The Labute approximate surface area is 176 Å². The number of rotatable bonds is 9. The zero-order valence-corrected chi connectivity index (χ0v) is 17.4. The second-order valence-electron chi connectivity index (χ2n) is 6.65. The summed E-state index contributed by atoms with van der Waals surface area (Å²) in [4.78, 5) is 20.8. The molecule has 0 radical (unpaired) electrons. The van der Waals surface area contributed by atoms with E-state index in [1.165, 1.54) is 11.8 Å². The van der Waals surface area contributed by atoms with Gasteiger partial charge in [0, 0.05) is 37.2 Å². The Hall–Kier alpha value is -3.31. The van der Waals surface area contributed by atoms with Gasteiger partial charge in [0.25, 0.3) is 5.56 Å². The van der Waals surface area contributed by atoms with E-state index in [0.717, 1.165) is 16.8 Å². The summed E-state index contributed by atoms with van der Waals surface area (Å²) in [5.74, 6) is 2.69. The van der Waals surface area contributed by atoms with E-state index in [0.29, 0.717) is 46.9 Å². The summed E-state index contributed by atoms with van der Waals surface area (Å²) in [5.41, 5.74) is 2.68. The molecule has 0 saturated heterocycles. The first kappa shape index (κ1) is 20.0. The third kappa shape index (κ3) is 4.81. The number of benzene rings is 1. The molecule has 30 heavy (non-hydrogen) atoms. The van der Waals surface area contributed by atoms with Gasteiger partial charge in [-0.15, -0.1) is 0 Å². The lowest BCUT2D eigenvalue weighted by Crippen LogP contribution is -2.10. The highest BCUT2D eigenvalue weighted by Gasteiger charge is 2.09. The molecule has 0 aliphatic rings. The van der Waals surface area contributed by atoms with Crippen molar-refractivity contribution in [3.8, 4) is 0 Å². The van der Waals surface area contributed by atoms with Crippen molar-refractivity contribution < 1.29 is 4.74 Å². The summed E-state index contributed by atoms with van der Waals surface area (Å²) in [7, 11) is 1.66. The third-order valence-electron chi connectivity index (χ3n) is 4.29. The number of hydrogen-bond donors (Lipinski definition) is 5. The average molecular weight is 427 g/mol. The molecule has 5 N–H and O–H groups in total. The molecule has 4 rings (SSSR count). The molecular formula is C19H22N8O2S. The number of aryl methyl sites for hydroxylation is 1. The van der Waals surface area contributed by atoms with E-state index in [1.807, 2.05) is 37.3 Å². The zero-order chi connectivity index (χ0) is 20.9. The molecule has 0 atom stereocenters. The molecule has 0 saturated carbocycles. The van der Waals surface area contributed by atoms with Crippen LogP contribution in [-0.2, 0) is 10.5 Å². The number of methoxy groups -OCH3 is 1. The minimum absolute atomic E-state index is 0.119. The molecule has 11 heteroatoms. The van der Waals surface area contributed by atoms with Gasteiger partial charge < -0.3 is 15.4 Å². The van der Waals surface area contributed by atoms with Gasteiger partial charge in [0.15, 0.2) is 11.0 Å². The van der Waals surface area contributed by atoms with Crippen molar-refractivity contribution in [2.24, 2.45) is 0 Å². The lowest BCUT2D eigenvalue weighted by molar-refractivity contribution is 0.210. The number of fused-ring (bicyclic) bond motifs is 1. The quantitative estimate of drug-likeness (QED) is 0.157. The van der Waals surface area contributed by atoms with Crippen LogP contribution in [0.1, 0.15) is 11.3 Å². The predicted molar refractivity (Wildman–Crippen MR) is 117 cm³/mol. The number of aromatic amines is 3. The van der Waals surface area contributed by atoms with E-state index in [9.17, 15) is 4.79 Å². The summed E-state index contributed by atoms with van der Waals surface area (Å²) < 4.78 is 5.10. The van der Waals surface area contributed by atoms with Gasteiger partial charge in [-0.2, -0.15) is 5.10 Å². The Morgan fingerprint density at radius 2 is 1.97 bits per heavy atom. The molecule has 1 aromatic carbocycles. The fraction of sp³-hybridized carbons (Fsp3) is 0.263. The van der Waals surface area contributed by atoms with Gasteiger partial charge in [0.1, 0.15) is 11.6 Å². The fourth-order valence-corrected chi connectivity index (χ4v) is 3.66. The first-order valence-corrected chi connectivity index (χ1v) is 10.3. The average Bonchev–Trinajstić information content (AvgIpc) is 3.31. The van der Waals surface area contributed by atoms with Crippen molar-refractivity contribution in [1.29, 1.82) is 0 Å². The Kier molecular flexibility index (Phi) is 6.00. The number of aromatic nitrogens is 6. The van der Waals surface area contributed by atoms with Gasteiger partial charge in [-0.1, -0.05) is 17.8 Å². The van der Waals surface area contributed by atoms with Gasteiger partial charge in [0.2, 0.25) is 0 Å². The highest BCUT2D eigenvalue weighted by molar-refractivity contribution is 7.98. The summed E-state index contributed by atoms with van der Waals surface area (Å²) in [5, 5.41) is 20.3. The monoisotopic (exact) mass is 426 g/mol. The number of anilines is 3. The molecule has 0 fully saturated rings. The van der Waals surface area contributed by atoms with Gasteiger partial charge >= 0.3 is 0 Å². The zero-order valence-electron chi connectivity index (χ0n) is 16.6. The molecule has 4 aromatic rings. The Morgan fingerprint density at radius 1 is 1.10 bits per heavy atom. The normalized spacial score (nSPS) is 11.1. The van der Waals surface area contributed by atoms with Gasteiger partial charge in [-0.05, 0) is 24.6 Å². The second-order valence-corrected chi connectivity index (χ2v) is 7.59. The maximum absolute atomic E-state index is 11.7. The molecule has 3 heterocycles. The van der Waals surface area contributed by atoms with E-state index in [1.54, 1.807) is 7.11 Å². The van der Waals surface area contributed by atoms with Crippen LogP contribution in [0.15, 0.2) is 40.3 Å². The SMILES string of the molecule is COCCNc1cc(Nc2cc(C)[nH]n2)nc(SCc2ccc3c(=O)[nH][nH]c3c2)n1. The number of thioether (sulfide) groups is 1. The van der Waals surface area contributed by atoms with E-state index >= 15 is 0 Å². The number of hydrogen-bond acceptors (Lipinski definition) is 8.